The topological polar surface area (TPSA) is 29.1 Å². The number of amides is 1. The van der Waals surface area contributed by atoms with Crippen molar-refractivity contribution in [3.8, 4) is 0 Å². The smallest absolute Gasteiger partial charge is 0.445 e. The Kier molecular flexibility index (Phi) is 2.83. The molecule has 0 fully saturated rings. The van der Waals surface area contributed by atoms with Gasteiger partial charge < -0.3 is 18.3 Å². The predicted octanol–water partition coefficient (Wildman–Crippen LogP) is 1.10. The maximum Gasteiger partial charge on any atom is 0.509 e. The van der Waals surface area contributed by atoms with Crippen LogP contribution in [-0.4, -0.2) is 19.9 Å². The summed E-state index contributed by atoms with van der Waals surface area (Å²) in [7, 11) is 1.37. The van der Waals surface area contributed by atoms with E-state index < -0.39 is 18.3 Å². The van der Waals surface area contributed by atoms with Crippen LogP contribution in [-0.2, 0) is 0 Å². The van der Waals surface area contributed by atoms with Crippen LogP contribution in [0.25, 0.3) is 0 Å². The van der Waals surface area contributed by atoms with Gasteiger partial charge in [-0.2, -0.15) is 0 Å². The average molecular weight is 202 g/mol. The van der Waals surface area contributed by atoms with E-state index in [0.717, 1.165) is 12.1 Å². The number of rotatable bonds is 2. The molecule has 0 aromatic heterocycles. The first-order valence-corrected chi connectivity index (χ1v) is 3.97. The number of nitrogens with one attached hydrogen (secondary N) is 1. The second kappa shape index (κ2) is 3.73. The Bertz CT molecular complexity index is 351. The fourth-order valence-electron chi connectivity index (χ4n) is 1.03. The molecule has 0 radical (unpaired) electrons. The molecule has 1 aromatic carbocycles. The molecule has 1 amide bonds. The SMILES string of the molecule is CNC(=O)c1cccc([B-](F)(F)F)c1. The van der Waals surface area contributed by atoms with E-state index in [9.17, 15) is 17.7 Å². The molecule has 1 rings (SSSR count). The average Bonchev–Trinajstić information content (AvgIpc) is 2.15. The van der Waals surface area contributed by atoms with Gasteiger partial charge in [-0.05, 0) is 6.07 Å². The molecule has 0 spiro atoms. The van der Waals surface area contributed by atoms with Crippen molar-refractivity contribution in [1.82, 2.24) is 5.32 Å². The molecule has 1 N–H and O–H groups in total. The molecule has 0 aliphatic heterocycles. The van der Waals surface area contributed by atoms with Gasteiger partial charge in [-0.1, -0.05) is 18.2 Å². The van der Waals surface area contributed by atoms with E-state index in [4.69, 9.17) is 0 Å². The summed E-state index contributed by atoms with van der Waals surface area (Å²) >= 11 is 0. The molecule has 0 heterocycles. The first-order valence-electron chi connectivity index (χ1n) is 3.97. The number of halogens is 3. The summed E-state index contributed by atoms with van der Waals surface area (Å²) in [5.41, 5.74) is -0.740. The van der Waals surface area contributed by atoms with E-state index in [1.54, 1.807) is 0 Å². The van der Waals surface area contributed by atoms with E-state index in [-0.39, 0.29) is 5.56 Å². The van der Waals surface area contributed by atoms with Crippen LogP contribution >= 0.6 is 0 Å². The highest BCUT2D eigenvalue weighted by Gasteiger charge is 2.25. The second-order valence-corrected chi connectivity index (χ2v) is 2.78. The third-order valence-corrected chi connectivity index (χ3v) is 1.75. The monoisotopic (exact) mass is 202 g/mol. The fraction of sp³-hybridized carbons (Fsp3) is 0.125. The highest BCUT2D eigenvalue weighted by Crippen LogP contribution is 2.09. The quantitative estimate of drug-likeness (QED) is 0.714. The molecule has 0 aliphatic rings. The summed E-state index contributed by atoms with van der Waals surface area (Å²) in [6.07, 6.45) is 0. The third-order valence-electron chi connectivity index (χ3n) is 1.75. The molecule has 2 nitrogen and oxygen atoms in total. The lowest BCUT2D eigenvalue weighted by Gasteiger charge is -2.15. The Morgan fingerprint density at radius 2 is 2.00 bits per heavy atom. The molecule has 0 unspecified atom stereocenters. The maximum absolute atomic E-state index is 12.3. The van der Waals surface area contributed by atoms with Gasteiger partial charge in [0.2, 0.25) is 0 Å². The molecule has 76 valence electrons. The Hall–Kier alpha value is -1.46. The summed E-state index contributed by atoms with van der Waals surface area (Å²) in [4.78, 5) is 11.0. The van der Waals surface area contributed by atoms with E-state index in [1.807, 2.05) is 0 Å². The Labute approximate surface area is 79.2 Å². The zero-order chi connectivity index (χ0) is 10.8. The van der Waals surface area contributed by atoms with Gasteiger partial charge in [0, 0.05) is 12.6 Å². The Morgan fingerprint density at radius 1 is 1.36 bits per heavy atom. The van der Waals surface area contributed by atoms with Crippen molar-refractivity contribution < 1.29 is 17.7 Å². The van der Waals surface area contributed by atoms with Crippen LogP contribution in [0, 0.1) is 0 Å². The van der Waals surface area contributed by atoms with Crippen molar-refractivity contribution in [2.75, 3.05) is 7.05 Å². The first-order chi connectivity index (χ1) is 6.45. The van der Waals surface area contributed by atoms with E-state index in [1.165, 1.54) is 19.2 Å². The molecule has 0 aliphatic carbocycles. The first kappa shape index (κ1) is 10.6. The molecule has 1 aromatic rings. The van der Waals surface area contributed by atoms with Gasteiger partial charge in [-0.25, -0.2) is 0 Å². The molecule has 0 saturated heterocycles. The summed E-state index contributed by atoms with van der Waals surface area (Å²) in [5.74, 6) is -0.521. The van der Waals surface area contributed by atoms with Crippen LogP contribution in [0.2, 0.25) is 0 Å². The lowest BCUT2D eigenvalue weighted by molar-refractivity contribution is 0.0963. The molecule has 0 saturated carbocycles. The second-order valence-electron chi connectivity index (χ2n) is 2.78. The van der Waals surface area contributed by atoms with Crippen LogP contribution in [0.1, 0.15) is 10.4 Å². The maximum atomic E-state index is 12.3. The normalized spacial score (nSPS) is 11.1. The minimum atomic E-state index is -5.04. The molecular formula is C8H8BF3NO-. The van der Waals surface area contributed by atoms with Crippen molar-refractivity contribution in [2.24, 2.45) is 0 Å². The largest absolute Gasteiger partial charge is 0.509 e. The van der Waals surface area contributed by atoms with Gasteiger partial charge in [0.05, 0.1) is 0 Å². The van der Waals surface area contributed by atoms with Crippen LogP contribution in [0.3, 0.4) is 0 Å². The van der Waals surface area contributed by atoms with E-state index in [2.05, 4.69) is 5.32 Å². The molecule has 6 heteroatoms. The number of hydrogen-bond donors (Lipinski definition) is 1. The highest BCUT2D eigenvalue weighted by molar-refractivity contribution is 6.73. The number of carbonyl (C=O) groups excluding carboxylic acids is 1. The van der Waals surface area contributed by atoms with Gasteiger partial charge in [0.1, 0.15) is 0 Å². The van der Waals surface area contributed by atoms with Crippen molar-refractivity contribution in [3.05, 3.63) is 29.8 Å². The summed E-state index contributed by atoms with van der Waals surface area (Å²) in [6, 6.07) is 4.35. The lowest BCUT2D eigenvalue weighted by Crippen LogP contribution is -2.35. The highest BCUT2D eigenvalue weighted by atomic mass is 19.4. The van der Waals surface area contributed by atoms with Crippen molar-refractivity contribution in [1.29, 1.82) is 0 Å². The van der Waals surface area contributed by atoms with Crippen molar-refractivity contribution in [2.45, 2.75) is 0 Å². The minimum Gasteiger partial charge on any atom is -0.445 e. The summed E-state index contributed by atoms with van der Waals surface area (Å²) in [5, 5.41) is 2.26. The number of hydrogen-bond acceptors (Lipinski definition) is 1. The summed E-state index contributed by atoms with van der Waals surface area (Å²) in [6.45, 7) is -5.04. The van der Waals surface area contributed by atoms with Crippen LogP contribution in [0.4, 0.5) is 12.9 Å². The van der Waals surface area contributed by atoms with E-state index >= 15 is 0 Å². The molecule has 0 bridgehead atoms. The standard InChI is InChI=1S/C8H8BF3NO/c1-13-8(14)6-3-2-4-7(5-6)9(10,11)12/h2-5H,1H3,(H,13,14)/q-1. The Balaban J connectivity index is 3.08. The van der Waals surface area contributed by atoms with Gasteiger partial charge in [-0.15, -0.1) is 5.46 Å². The van der Waals surface area contributed by atoms with Gasteiger partial charge in [0.15, 0.2) is 0 Å². The molecule has 0 atom stereocenters. The summed E-state index contributed by atoms with van der Waals surface area (Å²) < 4.78 is 36.8. The zero-order valence-electron chi connectivity index (χ0n) is 7.43. The number of carbonyl (C=O) groups is 1. The van der Waals surface area contributed by atoms with Crippen molar-refractivity contribution >= 4 is 18.3 Å². The molecule has 14 heavy (non-hydrogen) atoms. The van der Waals surface area contributed by atoms with Gasteiger partial charge in [-0.3, -0.25) is 4.79 Å². The minimum absolute atomic E-state index is 0.0178. The van der Waals surface area contributed by atoms with Gasteiger partial charge in [0.25, 0.3) is 5.91 Å². The van der Waals surface area contributed by atoms with Crippen molar-refractivity contribution in [3.63, 3.8) is 0 Å². The van der Waals surface area contributed by atoms with Crippen LogP contribution < -0.4 is 10.8 Å². The van der Waals surface area contributed by atoms with Crippen LogP contribution in [0.15, 0.2) is 24.3 Å². The zero-order valence-corrected chi connectivity index (χ0v) is 7.43. The number of benzene rings is 1. The Morgan fingerprint density at radius 3 is 2.50 bits per heavy atom. The predicted molar refractivity (Wildman–Crippen MR) is 48.5 cm³/mol. The van der Waals surface area contributed by atoms with Crippen LogP contribution in [0.5, 0.6) is 0 Å². The van der Waals surface area contributed by atoms with Gasteiger partial charge >= 0.3 is 6.98 Å². The lowest BCUT2D eigenvalue weighted by atomic mass is 9.79. The third kappa shape index (κ3) is 2.28. The molecular weight excluding hydrogens is 194 g/mol. The van der Waals surface area contributed by atoms with E-state index in [0.29, 0.717) is 0 Å². The fourth-order valence-corrected chi connectivity index (χ4v) is 1.03.